The summed E-state index contributed by atoms with van der Waals surface area (Å²) in [6, 6.07) is 10.0. The molecule has 1 aliphatic heterocycles. The number of rotatable bonds is 3. The molecule has 1 aliphatic carbocycles. The summed E-state index contributed by atoms with van der Waals surface area (Å²) in [7, 11) is 0. The summed E-state index contributed by atoms with van der Waals surface area (Å²) in [6.07, 6.45) is 2.57. The van der Waals surface area contributed by atoms with Crippen molar-refractivity contribution in [3.8, 4) is 5.75 Å². The fourth-order valence-electron chi connectivity index (χ4n) is 3.23. The maximum Gasteiger partial charge on any atom is 0.126 e. The highest BCUT2D eigenvalue weighted by atomic mass is 16.5. The standard InChI is InChI=1S/C16H23NO3/c18-16-14(17-9-11-19-12-10-17)7-4-8-15(16)20-13-5-2-1-3-6-13/h1-3,5-6,14-16,18H,4,7-12H2. The number of aliphatic hydroxyl groups is 1. The number of morpholine rings is 1. The second-order valence-corrected chi connectivity index (χ2v) is 5.61. The van der Waals surface area contributed by atoms with E-state index in [0.29, 0.717) is 0 Å². The van der Waals surface area contributed by atoms with Gasteiger partial charge in [0.2, 0.25) is 0 Å². The molecular weight excluding hydrogens is 254 g/mol. The van der Waals surface area contributed by atoms with Crippen LogP contribution in [0.4, 0.5) is 0 Å². The first kappa shape index (κ1) is 13.9. The molecular formula is C16H23NO3. The molecule has 1 aromatic carbocycles. The van der Waals surface area contributed by atoms with Gasteiger partial charge in [-0.05, 0) is 31.4 Å². The molecule has 0 spiro atoms. The molecule has 0 radical (unpaired) electrons. The monoisotopic (exact) mass is 277 g/mol. The summed E-state index contributed by atoms with van der Waals surface area (Å²) in [4.78, 5) is 2.36. The van der Waals surface area contributed by atoms with Gasteiger partial charge in [-0.3, -0.25) is 4.90 Å². The highest BCUT2D eigenvalue weighted by molar-refractivity contribution is 5.21. The molecule has 0 bridgehead atoms. The van der Waals surface area contributed by atoms with Gasteiger partial charge in [-0.1, -0.05) is 18.2 Å². The molecule has 1 N–H and O–H groups in total. The van der Waals surface area contributed by atoms with Gasteiger partial charge in [0.15, 0.2) is 0 Å². The lowest BCUT2D eigenvalue weighted by Gasteiger charge is -2.42. The van der Waals surface area contributed by atoms with Crippen LogP contribution in [0.1, 0.15) is 19.3 Å². The van der Waals surface area contributed by atoms with E-state index in [0.717, 1.165) is 51.3 Å². The molecule has 3 atom stereocenters. The minimum absolute atomic E-state index is 0.0982. The molecule has 0 amide bonds. The molecule has 0 aromatic heterocycles. The Morgan fingerprint density at radius 2 is 1.85 bits per heavy atom. The molecule has 3 rings (SSSR count). The van der Waals surface area contributed by atoms with Crippen LogP contribution in [-0.4, -0.2) is 54.6 Å². The number of benzene rings is 1. The second kappa shape index (κ2) is 6.57. The van der Waals surface area contributed by atoms with E-state index in [1.165, 1.54) is 0 Å². The van der Waals surface area contributed by atoms with Crippen LogP contribution in [0.15, 0.2) is 30.3 Å². The van der Waals surface area contributed by atoms with Crippen molar-refractivity contribution >= 4 is 0 Å². The van der Waals surface area contributed by atoms with Gasteiger partial charge in [-0.25, -0.2) is 0 Å². The molecule has 4 heteroatoms. The van der Waals surface area contributed by atoms with Crippen LogP contribution < -0.4 is 4.74 Å². The lowest BCUT2D eigenvalue weighted by molar-refractivity contribution is -0.0775. The van der Waals surface area contributed by atoms with Crippen LogP contribution in [0.2, 0.25) is 0 Å². The Balaban J connectivity index is 1.63. The predicted molar refractivity (Wildman–Crippen MR) is 76.9 cm³/mol. The summed E-state index contributed by atoms with van der Waals surface area (Å²) in [6.45, 7) is 3.38. The van der Waals surface area contributed by atoms with Gasteiger partial charge in [0.05, 0.1) is 13.2 Å². The highest BCUT2D eigenvalue weighted by Gasteiger charge is 2.37. The van der Waals surface area contributed by atoms with Crippen LogP contribution >= 0.6 is 0 Å². The average molecular weight is 277 g/mol. The summed E-state index contributed by atoms with van der Waals surface area (Å²) >= 11 is 0. The number of aliphatic hydroxyl groups excluding tert-OH is 1. The summed E-state index contributed by atoms with van der Waals surface area (Å²) in [5, 5.41) is 10.6. The molecule has 2 fully saturated rings. The smallest absolute Gasteiger partial charge is 0.126 e. The lowest BCUT2D eigenvalue weighted by Crippen LogP contribution is -2.55. The van der Waals surface area contributed by atoms with Gasteiger partial charge in [0.25, 0.3) is 0 Å². The van der Waals surface area contributed by atoms with E-state index in [4.69, 9.17) is 9.47 Å². The third-order valence-electron chi connectivity index (χ3n) is 4.31. The van der Waals surface area contributed by atoms with Crippen LogP contribution in [0.5, 0.6) is 5.75 Å². The van der Waals surface area contributed by atoms with E-state index < -0.39 is 6.10 Å². The van der Waals surface area contributed by atoms with Crippen molar-refractivity contribution in [2.24, 2.45) is 0 Å². The molecule has 1 heterocycles. The molecule has 1 saturated heterocycles. The maximum atomic E-state index is 10.6. The third kappa shape index (κ3) is 3.14. The lowest BCUT2D eigenvalue weighted by atomic mass is 9.88. The summed E-state index contributed by atoms with van der Waals surface area (Å²) in [5.41, 5.74) is 0. The quantitative estimate of drug-likeness (QED) is 0.913. The summed E-state index contributed by atoms with van der Waals surface area (Å²) in [5.74, 6) is 0.846. The van der Waals surface area contributed by atoms with E-state index in [9.17, 15) is 5.11 Å². The normalized spacial score (nSPS) is 31.9. The van der Waals surface area contributed by atoms with E-state index in [1.807, 2.05) is 30.3 Å². The molecule has 2 aliphatic rings. The van der Waals surface area contributed by atoms with Crippen molar-refractivity contribution < 1.29 is 14.6 Å². The Bertz CT molecular complexity index is 405. The number of para-hydroxylation sites is 1. The van der Waals surface area contributed by atoms with E-state index >= 15 is 0 Å². The zero-order chi connectivity index (χ0) is 13.8. The van der Waals surface area contributed by atoms with Crippen molar-refractivity contribution in [3.05, 3.63) is 30.3 Å². The zero-order valence-electron chi connectivity index (χ0n) is 11.8. The van der Waals surface area contributed by atoms with Crippen molar-refractivity contribution in [1.82, 2.24) is 4.90 Å². The van der Waals surface area contributed by atoms with E-state index in [-0.39, 0.29) is 12.1 Å². The number of hydrogen-bond donors (Lipinski definition) is 1. The summed E-state index contributed by atoms with van der Waals surface area (Å²) < 4.78 is 11.4. The first-order chi connectivity index (χ1) is 9.84. The molecule has 110 valence electrons. The van der Waals surface area contributed by atoms with Crippen molar-refractivity contribution in [1.29, 1.82) is 0 Å². The predicted octanol–water partition coefficient (Wildman–Crippen LogP) is 1.68. The molecule has 1 saturated carbocycles. The Kier molecular flexibility index (Phi) is 4.55. The van der Waals surface area contributed by atoms with Gasteiger partial charge in [-0.2, -0.15) is 0 Å². The minimum atomic E-state index is -0.415. The Morgan fingerprint density at radius 3 is 2.60 bits per heavy atom. The fourth-order valence-corrected chi connectivity index (χ4v) is 3.23. The van der Waals surface area contributed by atoms with Gasteiger partial charge >= 0.3 is 0 Å². The van der Waals surface area contributed by atoms with Crippen LogP contribution in [0, 0.1) is 0 Å². The number of ether oxygens (including phenoxy) is 2. The first-order valence-electron chi connectivity index (χ1n) is 7.56. The Morgan fingerprint density at radius 1 is 1.10 bits per heavy atom. The minimum Gasteiger partial charge on any atom is -0.488 e. The molecule has 1 aromatic rings. The number of hydrogen-bond acceptors (Lipinski definition) is 4. The number of nitrogens with zero attached hydrogens (tertiary/aromatic N) is 1. The zero-order valence-corrected chi connectivity index (χ0v) is 11.8. The second-order valence-electron chi connectivity index (χ2n) is 5.61. The van der Waals surface area contributed by atoms with Crippen LogP contribution in [-0.2, 0) is 4.74 Å². The van der Waals surface area contributed by atoms with Crippen LogP contribution in [0.3, 0.4) is 0 Å². The van der Waals surface area contributed by atoms with Gasteiger partial charge < -0.3 is 14.6 Å². The van der Waals surface area contributed by atoms with Crippen molar-refractivity contribution in [2.45, 2.75) is 37.5 Å². The first-order valence-corrected chi connectivity index (χ1v) is 7.56. The fraction of sp³-hybridized carbons (Fsp3) is 0.625. The van der Waals surface area contributed by atoms with E-state index in [2.05, 4.69) is 4.90 Å². The van der Waals surface area contributed by atoms with Gasteiger partial charge in [-0.15, -0.1) is 0 Å². The highest BCUT2D eigenvalue weighted by Crippen LogP contribution is 2.27. The topological polar surface area (TPSA) is 41.9 Å². The van der Waals surface area contributed by atoms with Gasteiger partial charge in [0.1, 0.15) is 18.0 Å². The maximum absolute atomic E-state index is 10.6. The third-order valence-corrected chi connectivity index (χ3v) is 4.31. The van der Waals surface area contributed by atoms with Gasteiger partial charge in [0, 0.05) is 19.1 Å². The van der Waals surface area contributed by atoms with Crippen LogP contribution in [0.25, 0.3) is 0 Å². The molecule has 3 unspecified atom stereocenters. The molecule has 4 nitrogen and oxygen atoms in total. The van der Waals surface area contributed by atoms with Crippen molar-refractivity contribution in [3.63, 3.8) is 0 Å². The largest absolute Gasteiger partial charge is 0.488 e. The van der Waals surface area contributed by atoms with E-state index in [1.54, 1.807) is 0 Å². The Labute approximate surface area is 120 Å². The average Bonchev–Trinajstić information content (AvgIpc) is 2.51. The Hall–Kier alpha value is -1.10. The van der Waals surface area contributed by atoms with Crippen molar-refractivity contribution in [2.75, 3.05) is 26.3 Å². The SMILES string of the molecule is OC1C(Oc2ccccc2)CCCC1N1CCOCC1. The molecule has 20 heavy (non-hydrogen) atoms.